The minimum Gasteiger partial charge on any atom is -0.393 e. The van der Waals surface area contributed by atoms with Gasteiger partial charge in [0.1, 0.15) is 0 Å². The van der Waals surface area contributed by atoms with E-state index >= 15 is 0 Å². The van der Waals surface area contributed by atoms with Gasteiger partial charge in [-0.2, -0.15) is 0 Å². The summed E-state index contributed by atoms with van der Waals surface area (Å²) in [5.41, 5.74) is 0.290. The minimum absolute atomic E-state index is 0.176. The molecule has 14 heavy (non-hydrogen) atoms. The maximum Gasteiger partial charge on any atom is 0.160 e. The highest BCUT2D eigenvalue weighted by atomic mass is 16.7. The number of hydrogen-bond donors (Lipinski definition) is 1. The van der Waals surface area contributed by atoms with E-state index in [2.05, 4.69) is 20.8 Å². The molecule has 0 spiro atoms. The zero-order chi connectivity index (χ0) is 10.6. The zero-order valence-electron chi connectivity index (χ0n) is 9.45. The first-order valence-corrected chi connectivity index (χ1v) is 5.39. The lowest BCUT2D eigenvalue weighted by Gasteiger charge is -2.21. The highest BCUT2D eigenvalue weighted by Gasteiger charge is 2.21. The van der Waals surface area contributed by atoms with Gasteiger partial charge in [0, 0.05) is 6.42 Å². The van der Waals surface area contributed by atoms with Crippen molar-refractivity contribution < 1.29 is 14.6 Å². The lowest BCUT2D eigenvalue weighted by molar-refractivity contribution is -0.0721. The van der Waals surface area contributed by atoms with Gasteiger partial charge >= 0.3 is 0 Å². The Hall–Kier alpha value is -0.120. The molecule has 0 bridgehead atoms. The second-order valence-electron chi connectivity index (χ2n) is 5.16. The smallest absolute Gasteiger partial charge is 0.160 e. The second-order valence-corrected chi connectivity index (χ2v) is 5.16. The summed E-state index contributed by atoms with van der Waals surface area (Å²) in [5, 5.41) is 9.71. The Morgan fingerprint density at radius 3 is 2.36 bits per heavy atom. The number of hydrogen-bond acceptors (Lipinski definition) is 3. The predicted octanol–water partition coefficient (Wildman–Crippen LogP) is 1.94. The normalized spacial score (nSPS) is 21.4. The van der Waals surface area contributed by atoms with Crippen molar-refractivity contribution in [3.8, 4) is 0 Å². The molecule has 84 valence electrons. The monoisotopic (exact) mass is 202 g/mol. The Morgan fingerprint density at radius 2 is 1.86 bits per heavy atom. The quantitative estimate of drug-likeness (QED) is 0.757. The summed E-state index contributed by atoms with van der Waals surface area (Å²) < 4.78 is 10.5. The molecule has 1 N–H and O–H groups in total. The summed E-state index contributed by atoms with van der Waals surface area (Å²) in [4.78, 5) is 0. The Bertz CT molecular complexity index is 156. The molecule has 1 atom stereocenters. The van der Waals surface area contributed by atoms with Gasteiger partial charge in [0.05, 0.1) is 19.3 Å². The van der Waals surface area contributed by atoms with Gasteiger partial charge in [0.15, 0.2) is 6.29 Å². The van der Waals surface area contributed by atoms with E-state index < -0.39 is 0 Å². The van der Waals surface area contributed by atoms with Crippen LogP contribution in [0.25, 0.3) is 0 Å². The molecular formula is C11H22O3. The Labute approximate surface area is 86.4 Å². The van der Waals surface area contributed by atoms with Crippen molar-refractivity contribution in [3.63, 3.8) is 0 Å². The average Bonchev–Trinajstić information content (AvgIpc) is 2.52. The summed E-state index contributed by atoms with van der Waals surface area (Å²) in [7, 11) is 0. The largest absolute Gasteiger partial charge is 0.393 e. The van der Waals surface area contributed by atoms with Crippen LogP contribution in [0.15, 0.2) is 0 Å². The Balaban J connectivity index is 2.12. The van der Waals surface area contributed by atoms with E-state index in [-0.39, 0.29) is 12.4 Å². The fourth-order valence-corrected chi connectivity index (χ4v) is 1.48. The van der Waals surface area contributed by atoms with Crippen LogP contribution in [0.5, 0.6) is 0 Å². The highest BCUT2D eigenvalue weighted by Crippen LogP contribution is 2.23. The molecule has 3 nitrogen and oxygen atoms in total. The van der Waals surface area contributed by atoms with Gasteiger partial charge in [-0.25, -0.2) is 0 Å². The van der Waals surface area contributed by atoms with Crippen LogP contribution in [0.4, 0.5) is 0 Å². The topological polar surface area (TPSA) is 38.7 Å². The van der Waals surface area contributed by atoms with E-state index in [1.807, 2.05) is 0 Å². The van der Waals surface area contributed by atoms with Crippen molar-refractivity contribution in [2.24, 2.45) is 5.41 Å². The van der Waals surface area contributed by atoms with Gasteiger partial charge < -0.3 is 14.6 Å². The van der Waals surface area contributed by atoms with Crippen molar-refractivity contribution in [2.45, 2.75) is 52.4 Å². The Morgan fingerprint density at radius 1 is 1.29 bits per heavy atom. The van der Waals surface area contributed by atoms with E-state index in [4.69, 9.17) is 9.47 Å². The average molecular weight is 202 g/mol. The molecule has 0 saturated carbocycles. The van der Waals surface area contributed by atoms with Crippen LogP contribution in [-0.2, 0) is 9.47 Å². The fourth-order valence-electron chi connectivity index (χ4n) is 1.48. The van der Waals surface area contributed by atoms with E-state index in [1.165, 1.54) is 0 Å². The third-order valence-corrected chi connectivity index (χ3v) is 2.38. The lowest BCUT2D eigenvalue weighted by Crippen LogP contribution is -2.20. The lowest BCUT2D eigenvalue weighted by atomic mass is 9.89. The number of aliphatic hydroxyl groups excluding tert-OH is 1. The van der Waals surface area contributed by atoms with Crippen molar-refractivity contribution in [3.05, 3.63) is 0 Å². The molecule has 1 unspecified atom stereocenters. The first-order chi connectivity index (χ1) is 6.47. The van der Waals surface area contributed by atoms with Crippen LogP contribution in [-0.4, -0.2) is 30.7 Å². The van der Waals surface area contributed by atoms with Crippen LogP contribution in [0, 0.1) is 5.41 Å². The van der Waals surface area contributed by atoms with Crippen molar-refractivity contribution in [1.82, 2.24) is 0 Å². The molecule has 1 fully saturated rings. The number of ether oxygens (including phenoxy) is 2. The first-order valence-electron chi connectivity index (χ1n) is 5.39. The molecule has 0 aromatic heterocycles. The molecule has 1 aliphatic heterocycles. The zero-order valence-corrected chi connectivity index (χ0v) is 9.45. The minimum atomic E-state index is -0.294. The van der Waals surface area contributed by atoms with E-state index in [9.17, 15) is 5.11 Å². The van der Waals surface area contributed by atoms with Crippen LogP contribution < -0.4 is 0 Å². The molecule has 0 radical (unpaired) electrons. The summed E-state index contributed by atoms with van der Waals surface area (Å²) in [6.07, 6.45) is 1.99. The van der Waals surface area contributed by atoms with Gasteiger partial charge in [-0.1, -0.05) is 20.8 Å². The van der Waals surface area contributed by atoms with Gasteiger partial charge in [-0.3, -0.25) is 0 Å². The van der Waals surface area contributed by atoms with Crippen molar-refractivity contribution in [2.75, 3.05) is 13.2 Å². The first kappa shape index (κ1) is 12.0. The summed E-state index contributed by atoms with van der Waals surface area (Å²) in [6.45, 7) is 7.88. The molecule has 0 amide bonds. The van der Waals surface area contributed by atoms with Crippen LogP contribution >= 0.6 is 0 Å². The van der Waals surface area contributed by atoms with Crippen molar-refractivity contribution in [1.29, 1.82) is 0 Å². The summed E-state index contributed by atoms with van der Waals surface area (Å²) >= 11 is 0. The molecular weight excluding hydrogens is 180 g/mol. The van der Waals surface area contributed by atoms with E-state index in [0.29, 0.717) is 25.0 Å². The van der Waals surface area contributed by atoms with Crippen LogP contribution in [0.2, 0.25) is 0 Å². The Kier molecular flexibility index (Phi) is 4.35. The molecule has 1 aliphatic rings. The van der Waals surface area contributed by atoms with Gasteiger partial charge in [0.2, 0.25) is 0 Å². The fraction of sp³-hybridized carbons (Fsp3) is 1.00. The number of aliphatic hydroxyl groups is 1. The van der Waals surface area contributed by atoms with Crippen LogP contribution in [0.1, 0.15) is 40.0 Å². The molecule has 1 rings (SSSR count). The molecule has 0 aromatic carbocycles. The molecule has 3 heteroatoms. The third kappa shape index (κ3) is 4.94. The van der Waals surface area contributed by atoms with Crippen LogP contribution in [0.3, 0.4) is 0 Å². The van der Waals surface area contributed by atoms with Crippen molar-refractivity contribution >= 4 is 0 Å². The molecule has 0 aromatic rings. The summed E-state index contributed by atoms with van der Waals surface area (Å²) in [6, 6.07) is 0. The van der Waals surface area contributed by atoms with Gasteiger partial charge in [0.25, 0.3) is 0 Å². The third-order valence-electron chi connectivity index (χ3n) is 2.38. The molecule has 0 aliphatic carbocycles. The number of rotatable bonds is 4. The van der Waals surface area contributed by atoms with E-state index in [0.717, 1.165) is 12.8 Å². The molecule has 1 saturated heterocycles. The van der Waals surface area contributed by atoms with Gasteiger partial charge in [-0.05, 0) is 18.3 Å². The standard InChI is InChI=1S/C11H22O3/c1-11(2,3)5-4-9(12)8-10-13-6-7-14-10/h9-10,12H,4-8H2,1-3H3. The summed E-state index contributed by atoms with van der Waals surface area (Å²) in [5.74, 6) is 0. The highest BCUT2D eigenvalue weighted by molar-refractivity contribution is 4.67. The maximum atomic E-state index is 9.71. The molecule has 1 heterocycles. The SMILES string of the molecule is CC(C)(C)CCC(O)CC1OCCO1. The predicted molar refractivity (Wildman–Crippen MR) is 55.0 cm³/mol. The maximum absolute atomic E-state index is 9.71. The van der Waals surface area contributed by atoms with E-state index in [1.54, 1.807) is 0 Å². The second kappa shape index (κ2) is 5.10. The van der Waals surface area contributed by atoms with Gasteiger partial charge in [-0.15, -0.1) is 0 Å².